The lowest BCUT2D eigenvalue weighted by Crippen LogP contribution is -2.36. The van der Waals surface area contributed by atoms with Crippen LogP contribution in [0.15, 0.2) is 34.9 Å². The summed E-state index contributed by atoms with van der Waals surface area (Å²) in [4.78, 5) is 17.7. The Morgan fingerprint density at radius 1 is 1.26 bits per heavy atom. The topological polar surface area (TPSA) is 97.3 Å². The summed E-state index contributed by atoms with van der Waals surface area (Å²) in [6.07, 6.45) is 4.66. The van der Waals surface area contributed by atoms with E-state index in [1.54, 1.807) is 0 Å². The number of aryl methyl sites for hydroxylation is 2. The average Bonchev–Trinajstić information content (AvgIpc) is 3.43. The van der Waals surface area contributed by atoms with Gasteiger partial charge >= 0.3 is 5.97 Å². The summed E-state index contributed by atoms with van der Waals surface area (Å²) in [5.41, 5.74) is 7.80. The van der Waals surface area contributed by atoms with Gasteiger partial charge in [0.1, 0.15) is 0 Å². The number of carboxylic acids is 1. The van der Waals surface area contributed by atoms with Crippen LogP contribution >= 0.6 is 0 Å². The van der Waals surface area contributed by atoms with Crippen LogP contribution in [0.2, 0.25) is 0 Å². The highest BCUT2D eigenvalue weighted by Gasteiger charge is 2.27. The van der Waals surface area contributed by atoms with E-state index in [9.17, 15) is 4.79 Å². The molecule has 0 spiro atoms. The molecule has 1 fully saturated rings. The van der Waals surface area contributed by atoms with Gasteiger partial charge in [0.2, 0.25) is 5.82 Å². The maximum Gasteiger partial charge on any atom is 0.317 e. The third kappa shape index (κ3) is 4.30. The Bertz CT molecular complexity index is 1230. The molecule has 0 atom stereocenters. The van der Waals surface area contributed by atoms with Gasteiger partial charge in [0.25, 0.3) is 5.89 Å². The molecule has 1 N–H and O–H groups in total. The van der Waals surface area contributed by atoms with E-state index >= 15 is 0 Å². The summed E-state index contributed by atoms with van der Waals surface area (Å²) in [6.45, 7) is 10.9. The Morgan fingerprint density at radius 2 is 2.06 bits per heavy atom. The van der Waals surface area contributed by atoms with Crippen LogP contribution in [-0.2, 0) is 24.2 Å². The highest BCUT2D eigenvalue weighted by molar-refractivity contribution is 5.69. The second-order valence-corrected chi connectivity index (χ2v) is 9.46. The van der Waals surface area contributed by atoms with Crippen LogP contribution in [0.1, 0.15) is 54.5 Å². The molecule has 0 radical (unpaired) electrons. The van der Waals surface area contributed by atoms with Crippen molar-refractivity contribution in [3.05, 3.63) is 52.7 Å². The molecule has 178 valence electrons. The first kappa shape index (κ1) is 22.5. The van der Waals surface area contributed by atoms with Gasteiger partial charge in [-0.25, -0.2) is 0 Å². The minimum absolute atomic E-state index is 0.124. The Morgan fingerprint density at radius 3 is 2.76 bits per heavy atom. The van der Waals surface area contributed by atoms with Gasteiger partial charge in [-0.3, -0.25) is 14.4 Å². The largest absolute Gasteiger partial charge is 0.480 e. The third-order valence-corrected chi connectivity index (χ3v) is 7.15. The lowest BCUT2D eigenvalue weighted by Gasteiger charge is -2.31. The van der Waals surface area contributed by atoms with Crippen molar-refractivity contribution < 1.29 is 14.4 Å². The predicted molar refractivity (Wildman–Crippen MR) is 129 cm³/mol. The molecule has 0 amide bonds. The van der Waals surface area contributed by atoms with Crippen molar-refractivity contribution in [1.82, 2.24) is 24.8 Å². The Kier molecular flexibility index (Phi) is 6.08. The molecule has 0 unspecified atom stereocenters. The number of aliphatic carboxylic acids is 1. The van der Waals surface area contributed by atoms with Gasteiger partial charge in [-0.2, -0.15) is 10.1 Å². The number of hydrogen-bond donors (Lipinski definition) is 1. The number of piperidine rings is 1. The number of carbonyl (C=O) groups is 1. The predicted octanol–water partition coefficient (Wildman–Crippen LogP) is 4.24. The molecule has 8 nitrogen and oxygen atoms in total. The van der Waals surface area contributed by atoms with Gasteiger partial charge in [-0.1, -0.05) is 35.5 Å². The van der Waals surface area contributed by atoms with Crippen molar-refractivity contribution in [2.75, 3.05) is 19.6 Å². The smallest absolute Gasteiger partial charge is 0.317 e. The number of aromatic nitrogens is 4. The number of nitrogens with zero attached hydrogens (tertiary/aromatic N) is 5. The van der Waals surface area contributed by atoms with E-state index in [-0.39, 0.29) is 6.54 Å². The normalized spacial score (nSPS) is 17.2. The minimum Gasteiger partial charge on any atom is -0.480 e. The van der Waals surface area contributed by atoms with E-state index in [0.717, 1.165) is 68.6 Å². The number of benzene rings is 1. The first-order chi connectivity index (χ1) is 16.4. The van der Waals surface area contributed by atoms with Gasteiger partial charge in [0.15, 0.2) is 5.69 Å². The van der Waals surface area contributed by atoms with Crippen molar-refractivity contribution in [2.24, 2.45) is 0 Å². The number of fused-ring (bicyclic) bond motifs is 1. The molecule has 5 rings (SSSR count). The number of rotatable bonds is 6. The van der Waals surface area contributed by atoms with Crippen molar-refractivity contribution in [3.8, 4) is 23.0 Å². The van der Waals surface area contributed by atoms with Crippen LogP contribution in [0, 0.1) is 6.92 Å². The van der Waals surface area contributed by atoms with Crippen LogP contribution in [0.25, 0.3) is 23.0 Å². The third-order valence-electron chi connectivity index (χ3n) is 7.15. The summed E-state index contributed by atoms with van der Waals surface area (Å²) in [7, 11) is 0. The number of hydrogen-bond acceptors (Lipinski definition) is 6. The monoisotopic (exact) mass is 461 g/mol. The molecule has 0 bridgehead atoms. The fourth-order valence-corrected chi connectivity index (χ4v) is 5.29. The summed E-state index contributed by atoms with van der Waals surface area (Å²) >= 11 is 0. The van der Waals surface area contributed by atoms with E-state index in [2.05, 4.69) is 43.8 Å². The molecule has 3 aromatic rings. The maximum absolute atomic E-state index is 11.0. The fourth-order valence-electron chi connectivity index (χ4n) is 5.29. The van der Waals surface area contributed by atoms with Gasteiger partial charge in [-0.05, 0) is 69.7 Å². The van der Waals surface area contributed by atoms with Crippen LogP contribution in [0.5, 0.6) is 0 Å². The second-order valence-electron chi connectivity index (χ2n) is 9.46. The molecule has 2 aliphatic rings. The van der Waals surface area contributed by atoms with E-state index < -0.39 is 5.97 Å². The molecule has 1 aliphatic heterocycles. The summed E-state index contributed by atoms with van der Waals surface area (Å²) < 4.78 is 7.72. The first-order valence-corrected chi connectivity index (χ1v) is 12.1. The standard InChI is InChI=1S/C26H31N5O3/c1-4-31-22-13-16(2)5-7-21(22)24(28-31)26-27-25(29-34-26)20-8-6-19(14-17(20)3)18-9-11-30(12-10-18)15-23(32)33/h6,8,14,18H,2,4-5,7,9-13,15H2,1,3H3,(H,32,33). The van der Waals surface area contributed by atoms with Crippen LogP contribution in [0.4, 0.5) is 0 Å². The molecule has 1 aromatic carbocycles. The molecule has 34 heavy (non-hydrogen) atoms. The Hall–Kier alpha value is -3.26. The minimum atomic E-state index is -0.759. The van der Waals surface area contributed by atoms with E-state index in [0.29, 0.717) is 17.6 Å². The Balaban J connectivity index is 1.35. The van der Waals surface area contributed by atoms with Crippen molar-refractivity contribution >= 4 is 5.97 Å². The second kappa shape index (κ2) is 9.18. The van der Waals surface area contributed by atoms with Gasteiger partial charge in [-0.15, -0.1) is 0 Å². The van der Waals surface area contributed by atoms with Gasteiger partial charge in [0.05, 0.1) is 6.54 Å². The molecule has 0 saturated carbocycles. The molecular weight excluding hydrogens is 430 g/mol. The maximum atomic E-state index is 11.0. The van der Waals surface area contributed by atoms with Crippen molar-refractivity contribution in [1.29, 1.82) is 0 Å². The fraction of sp³-hybridized carbons (Fsp3) is 0.462. The Labute approximate surface area is 199 Å². The molecule has 1 aliphatic carbocycles. The van der Waals surface area contributed by atoms with E-state index in [1.807, 2.05) is 9.58 Å². The molecule has 8 heteroatoms. The molecule has 3 heterocycles. The number of carboxylic acid groups (broad SMARTS) is 1. The van der Waals surface area contributed by atoms with Crippen LogP contribution in [-0.4, -0.2) is 55.5 Å². The van der Waals surface area contributed by atoms with Crippen LogP contribution < -0.4 is 0 Å². The highest BCUT2D eigenvalue weighted by atomic mass is 16.5. The zero-order chi connectivity index (χ0) is 23.8. The number of likely N-dealkylation sites (tertiary alicyclic amines) is 1. The summed E-state index contributed by atoms with van der Waals surface area (Å²) in [6, 6.07) is 6.43. The van der Waals surface area contributed by atoms with Crippen molar-refractivity contribution in [2.45, 2.75) is 58.4 Å². The lowest BCUT2D eigenvalue weighted by atomic mass is 9.87. The zero-order valence-electron chi connectivity index (χ0n) is 19.9. The number of allylic oxidation sites excluding steroid dienone is 1. The summed E-state index contributed by atoms with van der Waals surface area (Å²) in [5.74, 6) is 0.735. The zero-order valence-corrected chi connectivity index (χ0v) is 19.9. The van der Waals surface area contributed by atoms with E-state index in [4.69, 9.17) is 19.7 Å². The van der Waals surface area contributed by atoms with Crippen LogP contribution in [0.3, 0.4) is 0 Å². The van der Waals surface area contributed by atoms with Gasteiger partial charge < -0.3 is 9.63 Å². The molecular formula is C26H31N5O3. The lowest BCUT2D eigenvalue weighted by molar-refractivity contribution is -0.138. The molecule has 1 saturated heterocycles. The van der Waals surface area contributed by atoms with Gasteiger partial charge in [0, 0.05) is 29.8 Å². The van der Waals surface area contributed by atoms with Crippen molar-refractivity contribution in [3.63, 3.8) is 0 Å². The highest BCUT2D eigenvalue weighted by Crippen LogP contribution is 2.34. The average molecular weight is 462 g/mol. The molecule has 2 aromatic heterocycles. The quantitative estimate of drug-likeness (QED) is 0.549. The first-order valence-electron chi connectivity index (χ1n) is 12.1. The van der Waals surface area contributed by atoms with E-state index in [1.165, 1.54) is 22.4 Å². The summed E-state index contributed by atoms with van der Waals surface area (Å²) in [5, 5.41) is 18.1. The SMILES string of the molecule is C=C1CCc2c(-c3nc(-c4ccc(C5CCN(CC(=O)O)CC5)cc4C)no3)nn(CC)c2C1.